The lowest BCUT2D eigenvalue weighted by molar-refractivity contribution is 0.981. The Morgan fingerprint density at radius 2 is 2.04 bits per heavy atom. The second-order valence-corrected chi connectivity index (χ2v) is 5.88. The number of imidazole rings is 1. The van der Waals surface area contributed by atoms with Crippen LogP contribution in [0.15, 0.2) is 47.7 Å². The molecule has 0 aliphatic rings. The van der Waals surface area contributed by atoms with Gasteiger partial charge in [-0.05, 0) is 31.2 Å². The Kier molecular flexibility index (Phi) is 3.28. The number of benzene rings is 1. The van der Waals surface area contributed by atoms with Crippen molar-refractivity contribution in [2.45, 2.75) is 6.92 Å². The van der Waals surface area contributed by atoms with Crippen LogP contribution in [-0.4, -0.2) is 26.0 Å². The van der Waals surface area contributed by atoms with Crippen LogP contribution in [0.4, 0.5) is 5.69 Å². The highest BCUT2D eigenvalue weighted by molar-refractivity contribution is 6.31. The smallest absolute Gasteiger partial charge is 0.299 e. The summed E-state index contributed by atoms with van der Waals surface area (Å²) in [5.74, 6) is 0. The van der Waals surface area contributed by atoms with Crippen LogP contribution in [-0.2, 0) is 0 Å². The molecule has 0 atom stereocenters. The second kappa shape index (κ2) is 5.35. The van der Waals surface area contributed by atoms with E-state index < -0.39 is 0 Å². The summed E-state index contributed by atoms with van der Waals surface area (Å²) in [5.41, 5.74) is 3.94. The largest absolute Gasteiger partial charge is 0.386 e. The molecule has 6 nitrogen and oxygen atoms in total. The van der Waals surface area contributed by atoms with Crippen LogP contribution in [0.1, 0.15) is 5.69 Å². The summed E-state index contributed by atoms with van der Waals surface area (Å²) in [6, 6.07) is 7.28. The van der Waals surface area contributed by atoms with E-state index in [0.717, 1.165) is 16.9 Å². The predicted octanol–water partition coefficient (Wildman–Crippen LogP) is 3.04. The Bertz CT molecular complexity index is 1150. The van der Waals surface area contributed by atoms with Gasteiger partial charge in [-0.15, -0.1) is 0 Å². The number of aromatic nitrogens is 4. The fraction of sp³-hybridized carbons (Fsp3) is 0.118. The monoisotopic (exact) mass is 339 g/mol. The number of fused-ring (bicyclic) bond motifs is 3. The van der Waals surface area contributed by atoms with Gasteiger partial charge in [0.2, 0.25) is 5.65 Å². The van der Waals surface area contributed by atoms with Gasteiger partial charge < -0.3 is 5.32 Å². The average Bonchev–Trinajstić information content (AvgIpc) is 3.05. The molecule has 0 spiro atoms. The molecule has 0 aliphatic heterocycles. The summed E-state index contributed by atoms with van der Waals surface area (Å²) in [7, 11) is 1.82. The van der Waals surface area contributed by atoms with Crippen molar-refractivity contribution in [2.75, 3.05) is 12.4 Å². The molecule has 0 aliphatic carbocycles. The summed E-state index contributed by atoms with van der Waals surface area (Å²) in [6.45, 7) is 1.87. The first-order chi connectivity index (χ1) is 11.6. The van der Waals surface area contributed by atoms with E-state index in [1.807, 2.05) is 26.1 Å². The fourth-order valence-electron chi connectivity index (χ4n) is 3.00. The summed E-state index contributed by atoms with van der Waals surface area (Å²) in [4.78, 5) is 21.6. The molecule has 120 valence electrons. The maximum absolute atomic E-state index is 13.1. The van der Waals surface area contributed by atoms with Crippen LogP contribution in [0.5, 0.6) is 0 Å². The van der Waals surface area contributed by atoms with E-state index in [1.54, 1.807) is 39.7 Å². The standard InChI is InChI=1S/C17H14ClN5O/c1-10-13(4-3-5-20-10)23-14-9-11(18)8-12(19-2)15(14)22-7-6-21-16(22)17(23)24/h3-9,19H,1-2H3. The Labute approximate surface area is 142 Å². The zero-order chi connectivity index (χ0) is 16.8. The predicted molar refractivity (Wildman–Crippen MR) is 95.4 cm³/mol. The summed E-state index contributed by atoms with van der Waals surface area (Å²) < 4.78 is 3.40. The molecule has 7 heteroatoms. The third-order valence-corrected chi connectivity index (χ3v) is 4.28. The van der Waals surface area contributed by atoms with Gasteiger partial charge in [-0.3, -0.25) is 18.7 Å². The van der Waals surface area contributed by atoms with E-state index in [2.05, 4.69) is 15.3 Å². The van der Waals surface area contributed by atoms with Crippen LogP contribution in [0.3, 0.4) is 0 Å². The lowest BCUT2D eigenvalue weighted by Gasteiger charge is -2.16. The molecule has 4 aromatic rings. The molecule has 24 heavy (non-hydrogen) atoms. The molecular formula is C17H14ClN5O. The van der Waals surface area contributed by atoms with Gasteiger partial charge in [0, 0.05) is 30.7 Å². The molecule has 0 unspecified atom stereocenters. The molecule has 0 radical (unpaired) electrons. The number of hydrogen-bond acceptors (Lipinski definition) is 4. The van der Waals surface area contributed by atoms with Gasteiger partial charge in [-0.2, -0.15) is 0 Å². The van der Waals surface area contributed by atoms with E-state index in [4.69, 9.17) is 11.6 Å². The minimum absolute atomic E-state index is 0.215. The molecular weight excluding hydrogens is 326 g/mol. The number of nitrogens with zero attached hydrogens (tertiary/aromatic N) is 4. The van der Waals surface area contributed by atoms with Gasteiger partial charge in [-0.1, -0.05) is 11.6 Å². The van der Waals surface area contributed by atoms with Crippen molar-refractivity contribution in [3.05, 3.63) is 63.9 Å². The lowest BCUT2D eigenvalue weighted by atomic mass is 10.2. The van der Waals surface area contributed by atoms with Gasteiger partial charge in [-0.25, -0.2) is 4.98 Å². The molecule has 0 saturated heterocycles. The van der Waals surface area contributed by atoms with Gasteiger partial charge in [0.15, 0.2) is 0 Å². The minimum atomic E-state index is -0.215. The van der Waals surface area contributed by atoms with Crippen molar-refractivity contribution in [2.24, 2.45) is 0 Å². The number of aryl methyl sites for hydroxylation is 1. The van der Waals surface area contributed by atoms with E-state index in [9.17, 15) is 4.79 Å². The van der Waals surface area contributed by atoms with Crippen LogP contribution >= 0.6 is 11.6 Å². The first-order valence-corrected chi connectivity index (χ1v) is 7.80. The topological polar surface area (TPSA) is 64.2 Å². The number of hydrogen-bond donors (Lipinski definition) is 1. The SMILES string of the molecule is CNc1cc(Cl)cc2c1n1ccnc1c(=O)n2-c1cccnc1C. The summed E-state index contributed by atoms with van der Waals surface area (Å²) in [5, 5.41) is 3.68. The third-order valence-electron chi connectivity index (χ3n) is 4.06. The zero-order valence-electron chi connectivity index (χ0n) is 13.1. The summed E-state index contributed by atoms with van der Waals surface area (Å²) in [6.07, 6.45) is 5.09. The van der Waals surface area contributed by atoms with Crippen LogP contribution < -0.4 is 10.9 Å². The number of rotatable bonds is 2. The number of anilines is 1. The molecule has 4 rings (SSSR count). The third kappa shape index (κ3) is 2.00. The average molecular weight is 340 g/mol. The number of halogens is 1. The molecule has 0 amide bonds. The van der Waals surface area contributed by atoms with Crippen molar-refractivity contribution < 1.29 is 0 Å². The highest BCUT2D eigenvalue weighted by Crippen LogP contribution is 2.29. The Balaban J connectivity index is 2.32. The van der Waals surface area contributed by atoms with E-state index in [0.29, 0.717) is 21.9 Å². The maximum atomic E-state index is 13.1. The first kappa shape index (κ1) is 14.7. The highest BCUT2D eigenvalue weighted by Gasteiger charge is 2.17. The highest BCUT2D eigenvalue weighted by atomic mass is 35.5. The second-order valence-electron chi connectivity index (χ2n) is 5.44. The van der Waals surface area contributed by atoms with Crippen molar-refractivity contribution in [3.8, 4) is 5.69 Å². The Morgan fingerprint density at radius 3 is 2.79 bits per heavy atom. The maximum Gasteiger partial charge on any atom is 0.299 e. The number of pyridine rings is 1. The van der Waals surface area contributed by atoms with E-state index in [-0.39, 0.29) is 5.56 Å². The van der Waals surface area contributed by atoms with E-state index in [1.165, 1.54) is 0 Å². The molecule has 3 aromatic heterocycles. The van der Waals surface area contributed by atoms with Gasteiger partial charge in [0.1, 0.15) is 0 Å². The van der Waals surface area contributed by atoms with Gasteiger partial charge in [0.05, 0.1) is 28.1 Å². The number of nitrogens with one attached hydrogen (secondary N) is 1. The van der Waals surface area contributed by atoms with Crippen LogP contribution in [0, 0.1) is 6.92 Å². The van der Waals surface area contributed by atoms with Crippen molar-refractivity contribution in [1.29, 1.82) is 0 Å². The zero-order valence-corrected chi connectivity index (χ0v) is 13.9. The molecule has 0 fully saturated rings. The van der Waals surface area contributed by atoms with Crippen molar-refractivity contribution in [1.82, 2.24) is 18.9 Å². The van der Waals surface area contributed by atoms with Gasteiger partial charge in [0.25, 0.3) is 5.56 Å². The van der Waals surface area contributed by atoms with Crippen LogP contribution in [0.25, 0.3) is 22.4 Å². The minimum Gasteiger partial charge on any atom is -0.386 e. The molecule has 0 saturated carbocycles. The van der Waals surface area contributed by atoms with Gasteiger partial charge >= 0.3 is 0 Å². The van der Waals surface area contributed by atoms with Crippen molar-refractivity contribution >= 4 is 34.0 Å². The molecule has 3 heterocycles. The quantitative estimate of drug-likeness (QED) is 0.609. The van der Waals surface area contributed by atoms with Crippen molar-refractivity contribution in [3.63, 3.8) is 0 Å². The molecule has 0 bridgehead atoms. The first-order valence-electron chi connectivity index (χ1n) is 7.43. The summed E-state index contributed by atoms with van der Waals surface area (Å²) >= 11 is 6.28. The van der Waals surface area contributed by atoms with Crippen LogP contribution in [0.2, 0.25) is 5.02 Å². The fourth-order valence-corrected chi connectivity index (χ4v) is 3.21. The Morgan fingerprint density at radius 1 is 1.21 bits per heavy atom. The normalized spacial score (nSPS) is 11.3. The lowest BCUT2D eigenvalue weighted by Crippen LogP contribution is -2.23. The Hall–Kier alpha value is -2.86. The molecule has 1 N–H and O–H groups in total. The molecule has 1 aromatic carbocycles. The van der Waals surface area contributed by atoms with E-state index >= 15 is 0 Å².